The van der Waals surface area contributed by atoms with Crippen molar-refractivity contribution in [3.05, 3.63) is 35.1 Å². The van der Waals surface area contributed by atoms with Crippen molar-refractivity contribution < 1.29 is 18.3 Å². The van der Waals surface area contributed by atoms with Gasteiger partial charge in [-0.2, -0.15) is 0 Å². The topological polar surface area (TPSA) is 20.2 Å². The van der Waals surface area contributed by atoms with Crippen LogP contribution in [0.2, 0.25) is 0 Å². The van der Waals surface area contributed by atoms with Gasteiger partial charge >= 0.3 is 0 Å². The summed E-state index contributed by atoms with van der Waals surface area (Å²) in [6.45, 7) is 2.12. The highest BCUT2D eigenvalue weighted by molar-refractivity contribution is 5.26. The Balaban J connectivity index is 2.25. The van der Waals surface area contributed by atoms with Crippen LogP contribution in [-0.4, -0.2) is 5.11 Å². The van der Waals surface area contributed by atoms with Crippen LogP contribution >= 0.6 is 0 Å². The van der Waals surface area contributed by atoms with E-state index in [0.717, 1.165) is 38.2 Å². The Morgan fingerprint density at radius 3 is 2.60 bits per heavy atom. The van der Waals surface area contributed by atoms with Crippen LogP contribution in [-0.2, 0) is 5.60 Å². The van der Waals surface area contributed by atoms with Crippen molar-refractivity contribution in [2.24, 2.45) is 5.92 Å². The van der Waals surface area contributed by atoms with Crippen molar-refractivity contribution in [2.75, 3.05) is 0 Å². The molecule has 1 aliphatic carbocycles. The zero-order chi connectivity index (χ0) is 14.8. The predicted molar refractivity (Wildman–Crippen MR) is 71.7 cm³/mol. The minimum Gasteiger partial charge on any atom is -0.385 e. The average molecular weight is 286 g/mol. The molecule has 0 radical (unpaired) electrons. The number of aliphatic hydroxyl groups is 1. The van der Waals surface area contributed by atoms with E-state index in [1.807, 2.05) is 0 Å². The summed E-state index contributed by atoms with van der Waals surface area (Å²) >= 11 is 0. The second-order valence-electron chi connectivity index (χ2n) is 5.84. The molecule has 2 rings (SSSR count). The summed E-state index contributed by atoms with van der Waals surface area (Å²) in [6.07, 6.45) is 5.55. The lowest BCUT2D eigenvalue weighted by atomic mass is 9.85. The standard InChI is InChI=1S/C16H21F3O/c1-2-4-11-5-3-9-16(20,10-8-11)12-6-7-13(17)15(19)14(12)18/h6-7,11,20H,2-5,8-10H2,1H3. The molecule has 0 saturated heterocycles. The largest absolute Gasteiger partial charge is 0.385 e. The third-order valence-corrected chi connectivity index (χ3v) is 4.40. The molecule has 0 aromatic heterocycles. The summed E-state index contributed by atoms with van der Waals surface area (Å²) in [5.74, 6) is -3.43. The Hall–Kier alpha value is -1.03. The molecule has 112 valence electrons. The molecule has 2 atom stereocenters. The van der Waals surface area contributed by atoms with Crippen LogP contribution in [0.15, 0.2) is 12.1 Å². The first-order chi connectivity index (χ1) is 9.48. The van der Waals surface area contributed by atoms with Gasteiger partial charge in [0, 0.05) is 5.56 Å². The van der Waals surface area contributed by atoms with Gasteiger partial charge in [-0.05, 0) is 37.7 Å². The second kappa shape index (κ2) is 6.17. The molecule has 1 N–H and O–H groups in total. The zero-order valence-corrected chi connectivity index (χ0v) is 11.8. The number of hydrogen-bond acceptors (Lipinski definition) is 1. The van der Waals surface area contributed by atoms with Crippen LogP contribution in [0.3, 0.4) is 0 Å². The second-order valence-corrected chi connectivity index (χ2v) is 5.84. The van der Waals surface area contributed by atoms with E-state index in [1.54, 1.807) is 0 Å². The molecule has 1 nitrogen and oxygen atoms in total. The maximum absolute atomic E-state index is 13.9. The lowest BCUT2D eigenvalue weighted by Gasteiger charge is -2.28. The SMILES string of the molecule is CCCC1CCCC(O)(c2ccc(F)c(F)c2F)CC1. The summed E-state index contributed by atoms with van der Waals surface area (Å²) in [6, 6.07) is 2.06. The first-order valence-corrected chi connectivity index (χ1v) is 7.34. The van der Waals surface area contributed by atoms with Gasteiger partial charge < -0.3 is 5.11 Å². The lowest BCUT2D eigenvalue weighted by Crippen LogP contribution is -2.27. The van der Waals surface area contributed by atoms with E-state index in [-0.39, 0.29) is 5.56 Å². The molecular weight excluding hydrogens is 265 g/mol. The normalized spacial score (nSPS) is 27.4. The number of rotatable bonds is 3. The van der Waals surface area contributed by atoms with Crippen LogP contribution < -0.4 is 0 Å². The van der Waals surface area contributed by atoms with E-state index in [4.69, 9.17) is 0 Å². The van der Waals surface area contributed by atoms with Crippen molar-refractivity contribution in [3.63, 3.8) is 0 Å². The summed E-state index contributed by atoms with van der Waals surface area (Å²) in [5, 5.41) is 10.7. The zero-order valence-electron chi connectivity index (χ0n) is 11.8. The van der Waals surface area contributed by atoms with E-state index >= 15 is 0 Å². The highest BCUT2D eigenvalue weighted by Gasteiger charge is 2.36. The van der Waals surface area contributed by atoms with Crippen molar-refractivity contribution in [3.8, 4) is 0 Å². The maximum Gasteiger partial charge on any atom is 0.194 e. The molecule has 0 spiro atoms. The molecule has 0 bridgehead atoms. The Bertz CT molecular complexity index is 475. The first-order valence-electron chi connectivity index (χ1n) is 7.34. The quantitative estimate of drug-likeness (QED) is 0.632. The fourth-order valence-corrected chi connectivity index (χ4v) is 3.25. The van der Waals surface area contributed by atoms with Gasteiger partial charge in [-0.15, -0.1) is 0 Å². The van der Waals surface area contributed by atoms with Crippen LogP contribution in [0.1, 0.15) is 57.4 Å². The summed E-state index contributed by atoms with van der Waals surface area (Å²) in [7, 11) is 0. The molecule has 1 saturated carbocycles. The van der Waals surface area contributed by atoms with E-state index in [1.165, 1.54) is 6.07 Å². The summed E-state index contributed by atoms with van der Waals surface area (Å²) in [5.41, 5.74) is -1.48. The van der Waals surface area contributed by atoms with Crippen LogP contribution in [0, 0.1) is 23.4 Å². The number of hydrogen-bond donors (Lipinski definition) is 1. The Morgan fingerprint density at radius 1 is 1.15 bits per heavy atom. The minimum atomic E-state index is -1.50. The maximum atomic E-state index is 13.9. The Kier molecular flexibility index (Phi) is 4.74. The van der Waals surface area contributed by atoms with E-state index in [9.17, 15) is 18.3 Å². The molecule has 2 unspecified atom stereocenters. The van der Waals surface area contributed by atoms with Gasteiger partial charge in [-0.1, -0.05) is 32.3 Å². The van der Waals surface area contributed by atoms with Gasteiger partial charge in [0.1, 0.15) is 0 Å². The molecule has 0 amide bonds. The molecule has 1 fully saturated rings. The molecule has 20 heavy (non-hydrogen) atoms. The molecule has 0 heterocycles. The lowest BCUT2D eigenvalue weighted by molar-refractivity contribution is 0.0153. The molecular formula is C16H21F3O. The molecule has 0 aliphatic heterocycles. The van der Waals surface area contributed by atoms with E-state index in [0.29, 0.717) is 18.8 Å². The highest BCUT2D eigenvalue weighted by atomic mass is 19.2. The molecule has 1 aromatic rings. The predicted octanol–water partition coefficient (Wildman–Crippen LogP) is 4.67. The van der Waals surface area contributed by atoms with Crippen molar-refractivity contribution >= 4 is 0 Å². The van der Waals surface area contributed by atoms with Gasteiger partial charge in [0.25, 0.3) is 0 Å². The number of halogens is 3. The minimum absolute atomic E-state index is 0.103. The fourth-order valence-electron chi connectivity index (χ4n) is 3.25. The molecule has 1 aromatic carbocycles. The van der Waals surface area contributed by atoms with Gasteiger partial charge in [-0.3, -0.25) is 0 Å². The summed E-state index contributed by atoms with van der Waals surface area (Å²) in [4.78, 5) is 0. The molecule has 1 aliphatic rings. The van der Waals surface area contributed by atoms with Crippen molar-refractivity contribution in [1.29, 1.82) is 0 Å². The van der Waals surface area contributed by atoms with Crippen LogP contribution in [0.5, 0.6) is 0 Å². The van der Waals surface area contributed by atoms with Crippen LogP contribution in [0.25, 0.3) is 0 Å². The van der Waals surface area contributed by atoms with Gasteiger partial charge in [0.05, 0.1) is 5.60 Å². The highest BCUT2D eigenvalue weighted by Crippen LogP contribution is 2.40. The third-order valence-electron chi connectivity index (χ3n) is 4.40. The third kappa shape index (κ3) is 3.00. The Morgan fingerprint density at radius 2 is 1.90 bits per heavy atom. The monoisotopic (exact) mass is 286 g/mol. The van der Waals surface area contributed by atoms with Crippen LogP contribution in [0.4, 0.5) is 13.2 Å². The van der Waals surface area contributed by atoms with Crippen molar-refractivity contribution in [2.45, 2.75) is 57.5 Å². The Labute approximate surface area is 117 Å². The van der Waals surface area contributed by atoms with Gasteiger partial charge in [0.2, 0.25) is 0 Å². The fraction of sp³-hybridized carbons (Fsp3) is 0.625. The van der Waals surface area contributed by atoms with E-state index in [2.05, 4.69) is 6.92 Å². The smallest absolute Gasteiger partial charge is 0.194 e. The van der Waals surface area contributed by atoms with Gasteiger partial charge in [0.15, 0.2) is 17.5 Å². The first kappa shape index (κ1) is 15.4. The average Bonchev–Trinajstić information content (AvgIpc) is 2.60. The van der Waals surface area contributed by atoms with Gasteiger partial charge in [-0.25, -0.2) is 13.2 Å². The van der Waals surface area contributed by atoms with Crippen molar-refractivity contribution in [1.82, 2.24) is 0 Å². The molecule has 4 heteroatoms. The summed E-state index contributed by atoms with van der Waals surface area (Å²) < 4.78 is 40.2. The van der Waals surface area contributed by atoms with E-state index < -0.39 is 23.1 Å². The number of benzene rings is 1.